The van der Waals surface area contributed by atoms with Gasteiger partial charge < -0.3 is 15.0 Å². The van der Waals surface area contributed by atoms with E-state index in [1.54, 1.807) is 4.90 Å². The molecule has 1 saturated heterocycles. The standard InChI is InChI=1S/C17H20N2O3/c1-11-6-7-12(17(21)22)10-19(11)16(20)8-13-9-18-15-5-3-2-4-14(13)15/h2-5,9,11-12,18H,6-8,10H2,1H3,(H,21,22). The number of carboxylic acid groups (broad SMARTS) is 1. The minimum Gasteiger partial charge on any atom is -0.481 e. The molecule has 116 valence electrons. The van der Waals surface area contributed by atoms with Crippen molar-refractivity contribution in [3.63, 3.8) is 0 Å². The first kappa shape index (κ1) is 14.6. The van der Waals surface area contributed by atoms with E-state index in [1.165, 1.54) is 0 Å². The van der Waals surface area contributed by atoms with Crippen molar-refractivity contribution in [2.24, 2.45) is 5.92 Å². The SMILES string of the molecule is CC1CCC(C(=O)O)CN1C(=O)Cc1c[nH]c2ccccc12. The maximum atomic E-state index is 12.6. The van der Waals surface area contributed by atoms with Crippen molar-refractivity contribution in [3.05, 3.63) is 36.0 Å². The number of amides is 1. The second kappa shape index (κ2) is 5.83. The number of hydrogen-bond donors (Lipinski definition) is 2. The Labute approximate surface area is 128 Å². The van der Waals surface area contributed by atoms with E-state index >= 15 is 0 Å². The molecule has 3 rings (SSSR count). The summed E-state index contributed by atoms with van der Waals surface area (Å²) in [5, 5.41) is 10.2. The van der Waals surface area contributed by atoms with E-state index in [9.17, 15) is 14.7 Å². The number of hydrogen-bond acceptors (Lipinski definition) is 2. The highest BCUT2D eigenvalue weighted by Gasteiger charge is 2.32. The van der Waals surface area contributed by atoms with Gasteiger partial charge in [0.1, 0.15) is 0 Å². The van der Waals surface area contributed by atoms with Crippen molar-refractivity contribution in [3.8, 4) is 0 Å². The van der Waals surface area contributed by atoms with Gasteiger partial charge in [0.05, 0.1) is 12.3 Å². The maximum Gasteiger partial charge on any atom is 0.308 e. The smallest absolute Gasteiger partial charge is 0.308 e. The van der Waals surface area contributed by atoms with Gasteiger partial charge in [0.15, 0.2) is 0 Å². The summed E-state index contributed by atoms with van der Waals surface area (Å²) in [5.74, 6) is -1.25. The highest BCUT2D eigenvalue weighted by molar-refractivity contribution is 5.89. The van der Waals surface area contributed by atoms with Crippen LogP contribution < -0.4 is 0 Å². The fraction of sp³-hybridized carbons (Fsp3) is 0.412. The first-order valence-electron chi connectivity index (χ1n) is 7.63. The Morgan fingerprint density at radius 2 is 2.09 bits per heavy atom. The zero-order valence-electron chi connectivity index (χ0n) is 12.6. The third-order valence-corrected chi connectivity index (χ3v) is 4.57. The zero-order chi connectivity index (χ0) is 15.7. The van der Waals surface area contributed by atoms with Crippen molar-refractivity contribution in [1.82, 2.24) is 9.88 Å². The number of benzene rings is 1. The summed E-state index contributed by atoms with van der Waals surface area (Å²) in [6, 6.07) is 7.98. The Hall–Kier alpha value is -2.30. The van der Waals surface area contributed by atoms with Crippen LogP contribution in [0.5, 0.6) is 0 Å². The second-order valence-electron chi connectivity index (χ2n) is 6.04. The van der Waals surface area contributed by atoms with Crippen LogP contribution in [0.2, 0.25) is 0 Å². The summed E-state index contributed by atoms with van der Waals surface area (Å²) in [5.41, 5.74) is 1.98. The quantitative estimate of drug-likeness (QED) is 0.914. The molecule has 0 radical (unpaired) electrons. The lowest BCUT2D eigenvalue weighted by molar-refractivity contribution is -0.146. The van der Waals surface area contributed by atoms with Gasteiger partial charge in [0.25, 0.3) is 0 Å². The topological polar surface area (TPSA) is 73.4 Å². The molecule has 1 aromatic heterocycles. The fourth-order valence-corrected chi connectivity index (χ4v) is 3.20. The fourth-order valence-electron chi connectivity index (χ4n) is 3.20. The van der Waals surface area contributed by atoms with Gasteiger partial charge in [-0.25, -0.2) is 0 Å². The van der Waals surface area contributed by atoms with Crippen LogP contribution in [-0.4, -0.2) is 39.5 Å². The summed E-state index contributed by atoms with van der Waals surface area (Å²) < 4.78 is 0. The van der Waals surface area contributed by atoms with E-state index in [2.05, 4.69) is 4.98 Å². The van der Waals surface area contributed by atoms with Gasteiger partial charge in [-0.05, 0) is 31.4 Å². The third kappa shape index (κ3) is 2.71. The van der Waals surface area contributed by atoms with Gasteiger partial charge in [0, 0.05) is 29.7 Å². The lowest BCUT2D eigenvalue weighted by atomic mass is 9.93. The summed E-state index contributed by atoms with van der Waals surface area (Å²) in [6.45, 7) is 2.31. The third-order valence-electron chi connectivity index (χ3n) is 4.57. The Kier molecular flexibility index (Phi) is 3.88. The van der Waals surface area contributed by atoms with Crippen LogP contribution in [0.4, 0.5) is 0 Å². The number of aromatic amines is 1. The molecule has 5 heteroatoms. The van der Waals surface area contributed by atoms with Crippen LogP contribution in [0.25, 0.3) is 10.9 Å². The molecule has 2 N–H and O–H groups in total. The predicted octanol–water partition coefficient (Wildman–Crippen LogP) is 2.42. The number of aromatic nitrogens is 1. The minimum atomic E-state index is -0.809. The lowest BCUT2D eigenvalue weighted by Gasteiger charge is -2.36. The molecule has 0 spiro atoms. The molecule has 1 aromatic carbocycles. The molecule has 2 unspecified atom stereocenters. The lowest BCUT2D eigenvalue weighted by Crippen LogP contribution is -2.47. The van der Waals surface area contributed by atoms with Gasteiger partial charge in [-0.3, -0.25) is 9.59 Å². The summed E-state index contributed by atoms with van der Waals surface area (Å²) in [6.07, 6.45) is 3.57. The number of rotatable bonds is 3. The van der Waals surface area contributed by atoms with E-state index in [0.717, 1.165) is 22.9 Å². The minimum absolute atomic E-state index is 0.00297. The molecule has 1 amide bonds. The molecule has 0 saturated carbocycles. The Morgan fingerprint density at radius 1 is 1.32 bits per heavy atom. The molecule has 0 aliphatic carbocycles. The Bertz CT molecular complexity index is 707. The molecule has 2 atom stereocenters. The highest BCUT2D eigenvalue weighted by atomic mass is 16.4. The van der Waals surface area contributed by atoms with E-state index in [0.29, 0.717) is 19.4 Å². The molecule has 0 bridgehead atoms. The number of likely N-dealkylation sites (tertiary alicyclic amines) is 1. The van der Waals surface area contributed by atoms with Crippen LogP contribution in [0, 0.1) is 5.92 Å². The summed E-state index contributed by atoms with van der Waals surface area (Å²) in [4.78, 5) is 28.7. The number of nitrogens with one attached hydrogen (secondary N) is 1. The molecule has 2 heterocycles. The van der Waals surface area contributed by atoms with Crippen molar-refractivity contribution < 1.29 is 14.7 Å². The number of carbonyl (C=O) groups excluding carboxylic acids is 1. The Balaban J connectivity index is 1.77. The summed E-state index contributed by atoms with van der Waals surface area (Å²) >= 11 is 0. The molecular formula is C17H20N2O3. The number of fused-ring (bicyclic) bond motifs is 1. The second-order valence-corrected chi connectivity index (χ2v) is 6.04. The van der Waals surface area contributed by atoms with Crippen molar-refractivity contribution in [2.45, 2.75) is 32.2 Å². The van der Waals surface area contributed by atoms with Crippen LogP contribution in [0.1, 0.15) is 25.3 Å². The van der Waals surface area contributed by atoms with E-state index in [4.69, 9.17) is 0 Å². The van der Waals surface area contributed by atoms with Gasteiger partial charge in [0.2, 0.25) is 5.91 Å². The van der Waals surface area contributed by atoms with Crippen molar-refractivity contribution in [1.29, 1.82) is 0 Å². The van der Waals surface area contributed by atoms with Gasteiger partial charge in [-0.15, -0.1) is 0 Å². The van der Waals surface area contributed by atoms with Gasteiger partial charge in [-0.2, -0.15) is 0 Å². The van der Waals surface area contributed by atoms with Crippen molar-refractivity contribution >= 4 is 22.8 Å². The van der Waals surface area contributed by atoms with Crippen LogP contribution in [0.3, 0.4) is 0 Å². The first-order chi connectivity index (χ1) is 10.6. The predicted molar refractivity (Wildman–Crippen MR) is 83.5 cm³/mol. The largest absolute Gasteiger partial charge is 0.481 e. The molecule has 1 fully saturated rings. The summed E-state index contributed by atoms with van der Waals surface area (Å²) in [7, 11) is 0. The number of aliphatic carboxylic acids is 1. The molecule has 22 heavy (non-hydrogen) atoms. The molecule has 5 nitrogen and oxygen atoms in total. The number of piperidine rings is 1. The number of H-pyrrole nitrogens is 1. The van der Waals surface area contributed by atoms with Crippen LogP contribution >= 0.6 is 0 Å². The zero-order valence-corrected chi connectivity index (χ0v) is 12.6. The molecular weight excluding hydrogens is 280 g/mol. The number of para-hydroxylation sites is 1. The molecule has 2 aromatic rings. The van der Waals surface area contributed by atoms with E-state index in [1.807, 2.05) is 37.4 Å². The normalized spacial score (nSPS) is 22.0. The Morgan fingerprint density at radius 3 is 2.86 bits per heavy atom. The monoisotopic (exact) mass is 300 g/mol. The average Bonchev–Trinajstić information content (AvgIpc) is 2.90. The van der Waals surface area contributed by atoms with Crippen molar-refractivity contribution in [2.75, 3.05) is 6.54 Å². The van der Waals surface area contributed by atoms with E-state index in [-0.39, 0.29) is 11.9 Å². The molecule has 1 aliphatic rings. The van der Waals surface area contributed by atoms with Crippen LogP contribution in [-0.2, 0) is 16.0 Å². The number of nitrogens with zero attached hydrogens (tertiary/aromatic N) is 1. The van der Waals surface area contributed by atoms with E-state index < -0.39 is 11.9 Å². The number of carboxylic acids is 1. The van der Waals surface area contributed by atoms with Crippen LogP contribution in [0.15, 0.2) is 30.5 Å². The van der Waals surface area contributed by atoms with Gasteiger partial charge >= 0.3 is 5.97 Å². The maximum absolute atomic E-state index is 12.6. The van der Waals surface area contributed by atoms with Gasteiger partial charge in [-0.1, -0.05) is 18.2 Å². The highest BCUT2D eigenvalue weighted by Crippen LogP contribution is 2.24. The average molecular weight is 300 g/mol. The number of carbonyl (C=O) groups is 2. The molecule has 1 aliphatic heterocycles. The first-order valence-corrected chi connectivity index (χ1v) is 7.63.